The minimum atomic E-state index is 0.673. The largest absolute Gasteiger partial charge is 0.437 e. The maximum atomic E-state index is 6.23. The molecule has 2 aromatic carbocycles. The Morgan fingerprint density at radius 2 is 1.84 bits per heavy atom. The Bertz CT molecular complexity index is 1270. The zero-order chi connectivity index (χ0) is 17.0. The fourth-order valence-electron chi connectivity index (χ4n) is 3.47. The van der Waals surface area contributed by atoms with Crippen molar-refractivity contribution in [2.75, 3.05) is 0 Å². The van der Waals surface area contributed by atoms with Gasteiger partial charge < -0.3 is 4.42 Å². The van der Waals surface area contributed by atoms with E-state index in [1.54, 1.807) is 6.20 Å². The summed E-state index contributed by atoms with van der Waals surface area (Å²) < 4.78 is 8.10. The molecule has 0 amide bonds. The topological polar surface area (TPSA) is 42.8 Å². The average molecular weight is 326 g/mol. The molecule has 5 rings (SSSR count). The van der Waals surface area contributed by atoms with Crippen LogP contribution in [0.5, 0.6) is 0 Å². The van der Waals surface area contributed by atoms with Crippen LogP contribution in [0.25, 0.3) is 44.2 Å². The van der Waals surface area contributed by atoms with Gasteiger partial charge in [-0.2, -0.15) is 0 Å². The van der Waals surface area contributed by atoms with Gasteiger partial charge in [-0.15, -0.1) is 0 Å². The number of fused-ring (bicyclic) bond motifs is 4. The Morgan fingerprint density at radius 1 is 0.960 bits per heavy atom. The standard InChI is InChI=1S/C21H16N3O/c1-13-9-10-15-16-12-14-6-3-4-7-17(14)23-21(16)25-20(15)19(13)18-8-5-11-22-24(18)2/h3-12H,1-2H3/q+1. The quantitative estimate of drug-likeness (QED) is 0.431. The van der Waals surface area contributed by atoms with Crippen LogP contribution in [0.15, 0.2) is 65.2 Å². The van der Waals surface area contributed by atoms with E-state index in [0.717, 1.165) is 44.1 Å². The number of benzene rings is 2. The summed E-state index contributed by atoms with van der Waals surface area (Å²) in [5.41, 5.74) is 5.72. The number of furan rings is 1. The van der Waals surface area contributed by atoms with Crippen molar-refractivity contribution < 1.29 is 9.10 Å². The summed E-state index contributed by atoms with van der Waals surface area (Å²) in [5, 5.41) is 7.60. The van der Waals surface area contributed by atoms with Gasteiger partial charge >= 0.3 is 0 Å². The summed E-state index contributed by atoms with van der Waals surface area (Å²) in [4.78, 5) is 4.71. The lowest BCUT2D eigenvalue weighted by molar-refractivity contribution is -0.720. The zero-order valence-corrected chi connectivity index (χ0v) is 14.0. The maximum absolute atomic E-state index is 6.23. The van der Waals surface area contributed by atoms with Crippen LogP contribution in [0.4, 0.5) is 0 Å². The van der Waals surface area contributed by atoms with E-state index in [9.17, 15) is 0 Å². The molecule has 5 aromatic rings. The van der Waals surface area contributed by atoms with Gasteiger partial charge in [0.2, 0.25) is 11.4 Å². The van der Waals surface area contributed by atoms with Crippen molar-refractivity contribution in [2.45, 2.75) is 6.92 Å². The zero-order valence-electron chi connectivity index (χ0n) is 14.0. The van der Waals surface area contributed by atoms with E-state index in [1.165, 1.54) is 0 Å². The third-order valence-corrected chi connectivity index (χ3v) is 4.73. The summed E-state index contributed by atoms with van der Waals surface area (Å²) in [6.45, 7) is 2.10. The van der Waals surface area contributed by atoms with Gasteiger partial charge in [-0.3, -0.25) is 0 Å². The number of aromatic nitrogens is 3. The Hall–Kier alpha value is -3.27. The highest BCUT2D eigenvalue weighted by Gasteiger charge is 2.21. The molecule has 0 atom stereocenters. The lowest BCUT2D eigenvalue weighted by Gasteiger charge is -2.03. The molecular weight excluding hydrogens is 310 g/mol. The van der Waals surface area contributed by atoms with Crippen LogP contribution < -0.4 is 4.68 Å². The third-order valence-electron chi connectivity index (χ3n) is 4.73. The van der Waals surface area contributed by atoms with Crippen molar-refractivity contribution >= 4 is 33.0 Å². The first-order chi connectivity index (χ1) is 12.2. The second-order valence-electron chi connectivity index (χ2n) is 6.30. The van der Waals surface area contributed by atoms with Crippen LogP contribution in [-0.4, -0.2) is 10.1 Å². The van der Waals surface area contributed by atoms with Gasteiger partial charge in [-0.1, -0.05) is 35.0 Å². The van der Waals surface area contributed by atoms with Crippen molar-refractivity contribution in [3.05, 3.63) is 66.4 Å². The number of hydrogen-bond acceptors (Lipinski definition) is 3. The smallest absolute Gasteiger partial charge is 0.242 e. The Morgan fingerprint density at radius 3 is 2.72 bits per heavy atom. The Kier molecular flexibility index (Phi) is 2.88. The molecule has 0 unspecified atom stereocenters. The lowest BCUT2D eigenvalue weighted by atomic mass is 10.0. The second kappa shape index (κ2) is 5.11. The van der Waals surface area contributed by atoms with Gasteiger partial charge in [-0.25, -0.2) is 4.98 Å². The first-order valence-corrected chi connectivity index (χ1v) is 8.26. The van der Waals surface area contributed by atoms with E-state index in [4.69, 9.17) is 9.40 Å². The molecule has 120 valence electrons. The molecule has 0 aliphatic rings. The number of hydrogen-bond donors (Lipinski definition) is 0. The van der Waals surface area contributed by atoms with Crippen molar-refractivity contribution in [3.63, 3.8) is 0 Å². The van der Waals surface area contributed by atoms with E-state index in [-0.39, 0.29) is 0 Å². The van der Waals surface area contributed by atoms with E-state index < -0.39 is 0 Å². The molecule has 0 fully saturated rings. The van der Waals surface area contributed by atoms with Crippen molar-refractivity contribution in [1.82, 2.24) is 10.1 Å². The molecule has 0 aliphatic heterocycles. The molecule has 0 saturated heterocycles. The molecule has 3 aromatic heterocycles. The third kappa shape index (κ3) is 2.04. The van der Waals surface area contributed by atoms with Crippen molar-refractivity contribution in [3.8, 4) is 11.3 Å². The summed E-state index contributed by atoms with van der Waals surface area (Å²) in [6.07, 6.45) is 1.78. The van der Waals surface area contributed by atoms with Crippen LogP contribution in [0.1, 0.15) is 5.56 Å². The summed E-state index contributed by atoms with van der Waals surface area (Å²) in [6, 6.07) is 18.5. The van der Waals surface area contributed by atoms with Gasteiger partial charge in [0.1, 0.15) is 0 Å². The van der Waals surface area contributed by atoms with Gasteiger partial charge in [0.05, 0.1) is 17.3 Å². The van der Waals surface area contributed by atoms with E-state index >= 15 is 0 Å². The normalized spacial score (nSPS) is 11.6. The Labute approximate surface area is 144 Å². The first-order valence-electron chi connectivity index (χ1n) is 8.26. The monoisotopic (exact) mass is 326 g/mol. The SMILES string of the molecule is Cc1ccc2c(oc3nc4ccccc4cc32)c1-c1cccn[n+]1C. The number of para-hydroxylation sites is 1. The lowest BCUT2D eigenvalue weighted by Crippen LogP contribution is -2.35. The fraction of sp³-hybridized carbons (Fsp3) is 0.0952. The average Bonchev–Trinajstić information content (AvgIpc) is 2.98. The molecule has 0 spiro atoms. The fourth-order valence-corrected chi connectivity index (χ4v) is 3.47. The molecular formula is C21H16N3O+. The molecule has 4 nitrogen and oxygen atoms in total. The van der Waals surface area contributed by atoms with E-state index in [2.05, 4.69) is 42.4 Å². The molecule has 0 bridgehead atoms. The molecule has 0 aliphatic carbocycles. The molecule has 25 heavy (non-hydrogen) atoms. The highest BCUT2D eigenvalue weighted by Crippen LogP contribution is 2.37. The van der Waals surface area contributed by atoms with Gasteiger partial charge in [-0.05, 0) is 35.8 Å². The number of pyridine rings is 1. The number of nitrogens with zero attached hydrogens (tertiary/aromatic N) is 3. The minimum Gasteiger partial charge on any atom is -0.437 e. The summed E-state index contributed by atoms with van der Waals surface area (Å²) >= 11 is 0. The highest BCUT2D eigenvalue weighted by molar-refractivity contribution is 6.11. The molecule has 3 heterocycles. The number of aryl methyl sites for hydroxylation is 2. The van der Waals surface area contributed by atoms with Crippen molar-refractivity contribution in [1.29, 1.82) is 0 Å². The number of rotatable bonds is 1. The molecule has 4 heteroatoms. The second-order valence-corrected chi connectivity index (χ2v) is 6.30. The molecule has 0 N–H and O–H groups in total. The summed E-state index contributed by atoms with van der Waals surface area (Å²) in [5.74, 6) is 0. The summed E-state index contributed by atoms with van der Waals surface area (Å²) in [7, 11) is 1.95. The van der Waals surface area contributed by atoms with Gasteiger partial charge in [0.25, 0.3) is 0 Å². The van der Waals surface area contributed by atoms with Crippen molar-refractivity contribution in [2.24, 2.45) is 7.05 Å². The molecule has 0 saturated carbocycles. The maximum Gasteiger partial charge on any atom is 0.242 e. The predicted octanol–water partition coefficient (Wildman–Crippen LogP) is 4.33. The van der Waals surface area contributed by atoms with Crippen LogP contribution in [0, 0.1) is 6.92 Å². The molecule has 0 radical (unpaired) electrons. The highest BCUT2D eigenvalue weighted by atomic mass is 16.3. The predicted molar refractivity (Wildman–Crippen MR) is 98.2 cm³/mol. The minimum absolute atomic E-state index is 0.673. The van der Waals surface area contributed by atoms with Crippen LogP contribution >= 0.6 is 0 Å². The first kappa shape index (κ1) is 14.1. The van der Waals surface area contributed by atoms with E-state index in [0.29, 0.717) is 5.71 Å². The van der Waals surface area contributed by atoms with E-state index in [1.807, 2.05) is 36.0 Å². The van der Waals surface area contributed by atoms with Gasteiger partial charge in [0, 0.05) is 22.2 Å². The van der Waals surface area contributed by atoms with Gasteiger partial charge in [0.15, 0.2) is 12.6 Å². The Balaban J connectivity index is 1.94. The van der Waals surface area contributed by atoms with Crippen LogP contribution in [-0.2, 0) is 7.05 Å². The van der Waals surface area contributed by atoms with Crippen LogP contribution in [0.2, 0.25) is 0 Å². The van der Waals surface area contributed by atoms with Crippen LogP contribution in [0.3, 0.4) is 0 Å².